The van der Waals surface area contributed by atoms with Crippen molar-refractivity contribution >= 4 is 17.4 Å². The third kappa shape index (κ3) is 2.77. The predicted octanol–water partition coefficient (Wildman–Crippen LogP) is 2.68. The molecule has 0 saturated carbocycles. The van der Waals surface area contributed by atoms with Gasteiger partial charge < -0.3 is 10.6 Å². The van der Waals surface area contributed by atoms with Gasteiger partial charge in [-0.05, 0) is 11.6 Å². The summed E-state index contributed by atoms with van der Waals surface area (Å²) in [5, 5.41) is 13.2. The monoisotopic (exact) mass is 284 g/mol. The van der Waals surface area contributed by atoms with E-state index in [1.165, 1.54) is 5.56 Å². The van der Waals surface area contributed by atoms with E-state index in [1.54, 1.807) is 0 Å². The molecule has 0 bridgehead atoms. The minimum absolute atomic E-state index is 0.0160. The topological polar surface area (TPSA) is 69.8 Å². The van der Waals surface area contributed by atoms with Crippen LogP contribution in [0.25, 0.3) is 0 Å². The zero-order valence-corrected chi connectivity index (χ0v) is 12.5. The molecule has 2 aromatic rings. The van der Waals surface area contributed by atoms with E-state index in [-0.39, 0.29) is 17.4 Å². The van der Waals surface area contributed by atoms with E-state index >= 15 is 0 Å². The highest BCUT2D eigenvalue weighted by Gasteiger charge is 2.27. The number of nitrogens with one attached hydrogen (secondary N) is 3. The van der Waals surface area contributed by atoms with Crippen molar-refractivity contribution in [3.8, 4) is 0 Å². The maximum Gasteiger partial charge on any atom is 0.248 e. The van der Waals surface area contributed by atoms with Crippen LogP contribution in [0.3, 0.4) is 0 Å². The van der Waals surface area contributed by atoms with E-state index in [0.29, 0.717) is 12.2 Å². The first-order valence-electron chi connectivity index (χ1n) is 7.15. The third-order valence-corrected chi connectivity index (χ3v) is 3.72. The number of aromatic amines is 1. The second-order valence-corrected chi connectivity index (χ2v) is 6.46. The highest BCUT2D eigenvalue weighted by atomic mass is 16.2. The van der Waals surface area contributed by atoms with Crippen molar-refractivity contribution in [2.75, 3.05) is 10.6 Å². The number of fused-ring (bicyclic) bond motifs is 1. The first kappa shape index (κ1) is 13.7. The fraction of sp³-hybridized carbons (Fsp3) is 0.375. The van der Waals surface area contributed by atoms with Crippen LogP contribution in [0.2, 0.25) is 0 Å². The number of carbonyl (C=O) groups is 1. The van der Waals surface area contributed by atoms with Crippen LogP contribution in [-0.4, -0.2) is 22.1 Å². The number of hydrogen-bond acceptors (Lipinski definition) is 3. The minimum Gasteiger partial charge on any atom is -0.373 e. The molecule has 0 radical (unpaired) electrons. The van der Waals surface area contributed by atoms with E-state index in [2.05, 4.69) is 41.6 Å². The van der Waals surface area contributed by atoms with Crippen LogP contribution in [0.4, 0.5) is 11.5 Å². The lowest BCUT2D eigenvalue weighted by molar-refractivity contribution is -0.116. The lowest BCUT2D eigenvalue weighted by atomic mass is 9.92. The van der Waals surface area contributed by atoms with Crippen LogP contribution in [0.15, 0.2) is 30.3 Å². The van der Waals surface area contributed by atoms with Crippen molar-refractivity contribution in [3.63, 3.8) is 0 Å². The Morgan fingerprint density at radius 3 is 2.76 bits per heavy atom. The molecule has 21 heavy (non-hydrogen) atoms. The molecule has 1 aromatic carbocycles. The van der Waals surface area contributed by atoms with Gasteiger partial charge in [0, 0.05) is 29.3 Å². The maximum absolute atomic E-state index is 12.3. The van der Waals surface area contributed by atoms with Crippen LogP contribution in [0, 0.1) is 0 Å². The summed E-state index contributed by atoms with van der Waals surface area (Å²) < 4.78 is 0. The number of aromatic nitrogens is 2. The number of amides is 1. The molecule has 0 spiro atoms. The fourth-order valence-corrected chi connectivity index (χ4v) is 2.44. The molecule has 0 fully saturated rings. The van der Waals surface area contributed by atoms with Crippen LogP contribution in [0.5, 0.6) is 0 Å². The van der Waals surface area contributed by atoms with Gasteiger partial charge in [0.25, 0.3) is 0 Å². The number of hydrogen-bond donors (Lipinski definition) is 3. The van der Waals surface area contributed by atoms with Crippen molar-refractivity contribution in [1.82, 2.24) is 10.2 Å². The Balaban J connectivity index is 1.67. The van der Waals surface area contributed by atoms with Gasteiger partial charge in [-0.3, -0.25) is 9.89 Å². The van der Waals surface area contributed by atoms with Gasteiger partial charge in [-0.1, -0.05) is 39.0 Å². The molecule has 0 saturated heterocycles. The van der Waals surface area contributed by atoms with Gasteiger partial charge in [-0.25, -0.2) is 0 Å². The van der Waals surface area contributed by atoms with Crippen molar-refractivity contribution in [3.05, 3.63) is 41.6 Å². The summed E-state index contributed by atoms with van der Waals surface area (Å²) in [4.78, 5) is 12.3. The highest BCUT2D eigenvalue weighted by molar-refractivity contribution is 5.97. The number of H-pyrrole nitrogens is 1. The Labute approximate surface area is 124 Å². The number of rotatable bonds is 2. The van der Waals surface area contributed by atoms with E-state index in [9.17, 15) is 4.79 Å². The molecule has 110 valence electrons. The van der Waals surface area contributed by atoms with Gasteiger partial charge in [0.05, 0.1) is 0 Å². The number of nitrogens with zero attached hydrogens (tertiary/aromatic N) is 1. The van der Waals surface area contributed by atoms with Gasteiger partial charge in [0.1, 0.15) is 6.04 Å². The summed E-state index contributed by atoms with van der Waals surface area (Å²) in [7, 11) is 0. The summed E-state index contributed by atoms with van der Waals surface area (Å²) in [6.45, 7) is 6.30. The van der Waals surface area contributed by atoms with Gasteiger partial charge in [-0.2, -0.15) is 5.10 Å². The first-order valence-corrected chi connectivity index (χ1v) is 7.15. The van der Waals surface area contributed by atoms with Crippen LogP contribution in [-0.2, 0) is 16.6 Å². The molecule has 1 atom stereocenters. The molecule has 1 aliphatic rings. The standard InChI is InChI=1S/C16H20N4O/c1-16(2,3)13-9-14(20-19-13)18-15(21)12-8-10-6-4-5-7-11(10)17-12/h4-7,9,12,17H,8H2,1-3H3,(H2,18,19,20,21)/t12-/m0/s1. The zero-order valence-electron chi connectivity index (χ0n) is 12.5. The lowest BCUT2D eigenvalue weighted by Gasteiger charge is -2.14. The molecule has 1 aromatic heterocycles. The van der Waals surface area contributed by atoms with E-state index in [1.807, 2.05) is 30.3 Å². The second-order valence-electron chi connectivity index (χ2n) is 6.46. The fourth-order valence-electron chi connectivity index (χ4n) is 2.44. The van der Waals surface area contributed by atoms with Crippen molar-refractivity contribution < 1.29 is 4.79 Å². The van der Waals surface area contributed by atoms with E-state index in [0.717, 1.165) is 11.4 Å². The van der Waals surface area contributed by atoms with Crippen LogP contribution in [0.1, 0.15) is 32.0 Å². The summed E-state index contributed by atoms with van der Waals surface area (Å²) >= 11 is 0. The van der Waals surface area contributed by atoms with Gasteiger partial charge in [0.15, 0.2) is 5.82 Å². The SMILES string of the molecule is CC(C)(C)c1cc(NC(=O)[C@@H]2Cc3ccccc3N2)n[nH]1. The second kappa shape index (κ2) is 4.91. The van der Waals surface area contributed by atoms with Crippen LogP contribution >= 0.6 is 0 Å². The Morgan fingerprint density at radius 2 is 2.10 bits per heavy atom. The third-order valence-electron chi connectivity index (χ3n) is 3.72. The largest absolute Gasteiger partial charge is 0.373 e. The number of carbonyl (C=O) groups excluding carboxylic acids is 1. The van der Waals surface area contributed by atoms with E-state index in [4.69, 9.17) is 0 Å². The average Bonchev–Trinajstić information content (AvgIpc) is 3.03. The molecular weight excluding hydrogens is 264 g/mol. The van der Waals surface area contributed by atoms with Gasteiger partial charge in [0.2, 0.25) is 5.91 Å². The number of para-hydroxylation sites is 1. The molecule has 0 aliphatic carbocycles. The van der Waals surface area contributed by atoms with Crippen molar-refractivity contribution in [1.29, 1.82) is 0 Å². The average molecular weight is 284 g/mol. The Hall–Kier alpha value is -2.30. The molecule has 5 heteroatoms. The quantitative estimate of drug-likeness (QED) is 0.794. The molecule has 0 unspecified atom stereocenters. The maximum atomic E-state index is 12.3. The molecule has 5 nitrogen and oxygen atoms in total. The Morgan fingerprint density at radius 1 is 1.33 bits per heavy atom. The summed E-state index contributed by atoms with van der Waals surface area (Å²) in [5.74, 6) is 0.515. The van der Waals surface area contributed by atoms with Gasteiger partial charge >= 0.3 is 0 Å². The highest BCUT2D eigenvalue weighted by Crippen LogP contribution is 2.26. The smallest absolute Gasteiger partial charge is 0.248 e. The van der Waals surface area contributed by atoms with Gasteiger partial charge in [-0.15, -0.1) is 0 Å². The van der Waals surface area contributed by atoms with Crippen LogP contribution < -0.4 is 10.6 Å². The van der Waals surface area contributed by atoms with Crippen molar-refractivity contribution in [2.24, 2.45) is 0 Å². The Bertz CT molecular complexity index is 644. The van der Waals surface area contributed by atoms with Crippen molar-refractivity contribution in [2.45, 2.75) is 38.6 Å². The predicted molar refractivity (Wildman–Crippen MR) is 83.5 cm³/mol. The number of anilines is 2. The van der Waals surface area contributed by atoms with E-state index < -0.39 is 0 Å². The molecule has 2 heterocycles. The summed E-state index contributed by atoms with van der Waals surface area (Å²) in [5.41, 5.74) is 3.20. The molecule has 1 aliphatic heterocycles. The summed E-state index contributed by atoms with van der Waals surface area (Å²) in [6.07, 6.45) is 0.707. The number of benzene rings is 1. The minimum atomic E-state index is -0.239. The molecular formula is C16H20N4O. The molecule has 1 amide bonds. The zero-order chi connectivity index (χ0) is 15.0. The molecule has 3 rings (SSSR count). The summed E-state index contributed by atoms with van der Waals surface area (Å²) in [6, 6.07) is 9.65. The first-order chi connectivity index (χ1) is 9.93. The molecule has 3 N–H and O–H groups in total. The normalized spacial score (nSPS) is 17.2. The lowest BCUT2D eigenvalue weighted by Crippen LogP contribution is -2.32. The Kier molecular flexibility index (Phi) is 3.20.